The zero-order valence-electron chi connectivity index (χ0n) is 8.19. The van der Waals surface area contributed by atoms with Crippen LogP contribution >= 0.6 is 15.9 Å². The molecule has 1 aliphatic rings. The van der Waals surface area contributed by atoms with E-state index in [1.54, 1.807) is 0 Å². The van der Waals surface area contributed by atoms with Gasteiger partial charge in [-0.2, -0.15) is 0 Å². The summed E-state index contributed by atoms with van der Waals surface area (Å²) in [5.41, 5.74) is 0. The van der Waals surface area contributed by atoms with Crippen LogP contribution in [-0.2, 0) is 0 Å². The molecule has 0 bridgehead atoms. The van der Waals surface area contributed by atoms with Crippen LogP contribution in [0.25, 0.3) is 0 Å². The van der Waals surface area contributed by atoms with Gasteiger partial charge in [0.05, 0.1) is 0 Å². The number of rotatable bonds is 4. The highest BCUT2D eigenvalue weighted by atomic mass is 79.9. The summed E-state index contributed by atoms with van der Waals surface area (Å²) in [4.78, 5) is 0.777. The van der Waals surface area contributed by atoms with Gasteiger partial charge in [-0.3, -0.25) is 0 Å². The Balaban J connectivity index is 2.05. The van der Waals surface area contributed by atoms with Crippen molar-refractivity contribution in [1.82, 2.24) is 0 Å². The van der Waals surface area contributed by atoms with E-state index in [0.29, 0.717) is 0 Å². The van der Waals surface area contributed by atoms with Crippen LogP contribution in [0.4, 0.5) is 0 Å². The van der Waals surface area contributed by atoms with E-state index < -0.39 is 0 Å². The Bertz CT molecular complexity index is 106. The van der Waals surface area contributed by atoms with Gasteiger partial charge in [0.2, 0.25) is 0 Å². The fourth-order valence-electron chi connectivity index (χ4n) is 2.10. The van der Waals surface area contributed by atoms with E-state index in [4.69, 9.17) is 0 Å². The Morgan fingerprint density at radius 2 is 1.92 bits per heavy atom. The maximum atomic E-state index is 3.70. The summed E-state index contributed by atoms with van der Waals surface area (Å²) in [6.07, 6.45) is 11.6. The van der Waals surface area contributed by atoms with Crippen LogP contribution in [0, 0.1) is 5.92 Å². The minimum Gasteiger partial charge on any atom is -0.0891 e. The first-order chi connectivity index (χ1) is 5.83. The first kappa shape index (κ1) is 10.6. The lowest BCUT2D eigenvalue weighted by Gasteiger charge is -2.22. The summed E-state index contributed by atoms with van der Waals surface area (Å²) >= 11 is 3.70. The second-order valence-corrected chi connectivity index (χ2v) is 5.38. The lowest BCUT2D eigenvalue weighted by molar-refractivity contribution is 0.331. The molecule has 1 fully saturated rings. The summed E-state index contributed by atoms with van der Waals surface area (Å²) in [6.45, 7) is 2.26. The lowest BCUT2D eigenvalue weighted by Crippen LogP contribution is -2.08. The van der Waals surface area contributed by atoms with Gasteiger partial charge in [0, 0.05) is 4.83 Å². The van der Waals surface area contributed by atoms with E-state index >= 15 is 0 Å². The summed E-state index contributed by atoms with van der Waals surface area (Å²) in [5.74, 6) is 1.06. The van der Waals surface area contributed by atoms with Crippen molar-refractivity contribution < 1.29 is 0 Å². The van der Waals surface area contributed by atoms with Crippen LogP contribution in [-0.4, -0.2) is 4.83 Å². The van der Waals surface area contributed by atoms with Crippen LogP contribution in [0.15, 0.2) is 0 Å². The van der Waals surface area contributed by atoms with Gasteiger partial charge in [0.1, 0.15) is 0 Å². The molecule has 1 aliphatic carbocycles. The molecule has 0 radical (unpaired) electrons. The molecule has 72 valence electrons. The summed E-state index contributed by atoms with van der Waals surface area (Å²) in [7, 11) is 0. The fourth-order valence-corrected chi connectivity index (χ4v) is 2.36. The van der Waals surface area contributed by atoms with Crippen molar-refractivity contribution in [2.45, 2.75) is 63.1 Å². The third kappa shape index (κ3) is 3.93. The van der Waals surface area contributed by atoms with E-state index in [9.17, 15) is 0 Å². The largest absolute Gasteiger partial charge is 0.0891 e. The second kappa shape index (κ2) is 6.01. The third-order valence-corrected chi connectivity index (χ3v) is 4.16. The average molecular weight is 233 g/mol. The Morgan fingerprint density at radius 3 is 2.50 bits per heavy atom. The molecule has 1 rings (SSSR count). The van der Waals surface area contributed by atoms with E-state index in [2.05, 4.69) is 22.9 Å². The molecular weight excluding hydrogens is 212 g/mol. The monoisotopic (exact) mass is 232 g/mol. The van der Waals surface area contributed by atoms with Crippen molar-refractivity contribution in [3.8, 4) is 0 Å². The molecule has 0 aromatic carbocycles. The molecule has 1 heteroatoms. The predicted molar refractivity (Wildman–Crippen MR) is 58.8 cm³/mol. The quantitative estimate of drug-likeness (QED) is 0.626. The molecule has 1 unspecified atom stereocenters. The molecule has 0 aromatic heterocycles. The SMILES string of the molecule is CCC(Br)CCC1CCCCC1. The van der Waals surface area contributed by atoms with E-state index in [1.807, 2.05) is 0 Å². The van der Waals surface area contributed by atoms with Crippen LogP contribution in [0.1, 0.15) is 58.3 Å². The van der Waals surface area contributed by atoms with Gasteiger partial charge in [-0.05, 0) is 25.2 Å². The Kier molecular flexibility index (Phi) is 5.29. The Labute approximate surface area is 85.3 Å². The van der Waals surface area contributed by atoms with Crippen molar-refractivity contribution in [1.29, 1.82) is 0 Å². The van der Waals surface area contributed by atoms with Gasteiger partial charge >= 0.3 is 0 Å². The highest BCUT2D eigenvalue weighted by Crippen LogP contribution is 2.28. The molecule has 0 aromatic rings. The number of hydrogen-bond donors (Lipinski definition) is 0. The van der Waals surface area contributed by atoms with E-state index in [1.165, 1.54) is 51.4 Å². The molecular formula is C11H21Br. The maximum absolute atomic E-state index is 3.70. The van der Waals surface area contributed by atoms with Crippen LogP contribution in [0.5, 0.6) is 0 Å². The highest BCUT2D eigenvalue weighted by molar-refractivity contribution is 9.09. The number of halogens is 1. The predicted octanol–water partition coefficient (Wildman–Crippen LogP) is 4.52. The van der Waals surface area contributed by atoms with Gasteiger partial charge in [-0.25, -0.2) is 0 Å². The minimum atomic E-state index is 0.777. The molecule has 0 spiro atoms. The van der Waals surface area contributed by atoms with E-state index in [0.717, 1.165) is 10.7 Å². The van der Waals surface area contributed by atoms with Crippen LogP contribution < -0.4 is 0 Å². The number of hydrogen-bond acceptors (Lipinski definition) is 0. The lowest BCUT2D eigenvalue weighted by atomic mass is 9.86. The topological polar surface area (TPSA) is 0 Å². The van der Waals surface area contributed by atoms with Gasteiger partial charge < -0.3 is 0 Å². The number of alkyl halides is 1. The molecule has 0 nitrogen and oxygen atoms in total. The van der Waals surface area contributed by atoms with Gasteiger partial charge in [-0.15, -0.1) is 0 Å². The Morgan fingerprint density at radius 1 is 1.25 bits per heavy atom. The van der Waals surface area contributed by atoms with Crippen molar-refractivity contribution in [3.05, 3.63) is 0 Å². The molecule has 1 atom stereocenters. The van der Waals surface area contributed by atoms with Crippen molar-refractivity contribution in [2.75, 3.05) is 0 Å². The first-order valence-electron chi connectivity index (χ1n) is 5.47. The van der Waals surface area contributed by atoms with Crippen molar-refractivity contribution in [2.24, 2.45) is 5.92 Å². The third-order valence-electron chi connectivity index (χ3n) is 3.06. The van der Waals surface area contributed by atoms with Crippen LogP contribution in [0.2, 0.25) is 0 Å². The maximum Gasteiger partial charge on any atom is 0.0143 e. The summed E-state index contributed by atoms with van der Waals surface area (Å²) < 4.78 is 0. The molecule has 1 saturated carbocycles. The molecule has 12 heavy (non-hydrogen) atoms. The normalized spacial score (nSPS) is 22.5. The molecule has 0 aliphatic heterocycles. The molecule has 0 amide bonds. The van der Waals surface area contributed by atoms with Crippen molar-refractivity contribution in [3.63, 3.8) is 0 Å². The fraction of sp³-hybridized carbons (Fsp3) is 1.00. The van der Waals surface area contributed by atoms with Gasteiger partial charge in [-0.1, -0.05) is 55.0 Å². The van der Waals surface area contributed by atoms with Crippen LogP contribution in [0.3, 0.4) is 0 Å². The highest BCUT2D eigenvalue weighted by Gasteiger charge is 2.14. The van der Waals surface area contributed by atoms with Gasteiger partial charge in [0.25, 0.3) is 0 Å². The molecule has 0 saturated heterocycles. The van der Waals surface area contributed by atoms with Crippen molar-refractivity contribution >= 4 is 15.9 Å². The zero-order valence-corrected chi connectivity index (χ0v) is 9.78. The Hall–Kier alpha value is 0.480. The standard InChI is InChI=1S/C11H21Br/c1-2-11(12)9-8-10-6-4-3-5-7-10/h10-11H,2-9H2,1H3. The smallest absolute Gasteiger partial charge is 0.0143 e. The second-order valence-electron chi connectivity index (χ2n) is 4.09. The zero-order chi connectivity index (χ0) is 8.81. The van der Waals surface area contributed by atoms with E-state index in [-0.39, 0.29) is 0 Å². The summed E-state index contributed by atoms with van der Waals surface area (Å²) in [5, 5.41) is 0. The minimum absolute atomic E-state index is 0.777. The summed E-state index contributed by atoms with van der Waals surface area (Å²) in [6, 6.07) is 0. The van der Waals surface area contributed by atoms with Gasteiger partial charge in [0.15, 0.2) is 0 Å². The molecule has 0 N–H and O–H groups in total. The average Bonchev–Trinajstić information content (AvgIpc) is 2.16. The first-order valence-corrected chi connectivity index (χ1v) is 6.38. The molecule has 0 heterocycles.